The van der Waals surface area contributed by atoms with Crippen LogP contribution in [0.2, 0.25) is 0 Å². The quantitative estimate of drug-likeness (QED) is 0.850. The van der Waals surface area contributed by atoms with E-state index in [1.807, 2.05) is 25.1 Å². The van der Waals surface area contributed by atoms with Gasteiger partial charge in [-0.2, -0.15) is 0 Å². The van der Waals surface area contributed by atoms with E-state index in [-0.39, 0.29) is 12.0 Å². The van der Waals surface area contributed by atoms with Gasteiger partial charge in [-0.3, -0.25) is 0 Å². The predicted octanol–water partition coefficient (Wildman–Crippen LogP) is 2.97. The van der Waals surface area contributed by atoms with E-state index in [2.05, 4.69) is 21.2 Å². The van der Waals surface area contributed by atoms with Crippen molar-refractivity contribution < 1.29 is 9.53 Å². The highest BCUT2D eigenvalue weighted by Crippen LogP contribution is 2.30. The monoisotopic (exact) mass is 311 g/mol. The lowest BCUT2D eigenvalue weighted by Crippen LogP contribution is -2.31. The molecule has 4 heteroatoms. The van der Waals surface area contributed by atoms with Gasteiger partial charge in [-0.15, -0.1) is 0 Å². The van der Waals surface area contributed by atoms with E-state index in [0.29, 0.717) is 0 Å². The Hall–Kier alpha value is -0.870. The van der Waals surface area contributed by atoms with E-state index in [9.17, 15) is 4.79 Å². The Balaban J connectivity index is 2.17. The van der Waals surface area contributed by atoms with Crippen LogP contribution >= 0.6 is 15.9 Å². The summed E-state index contributed by atoms with van der Waals surface area (Å²) in [7, 11) is 1.43. The second-order valence-electron chi connectivity index (χ2n) is 4.83. The molecule has 0 aromatic heterocycles. The molecule has 1 atom stereocenters. The number of hydrogen-bond donors (Lipinski definition) is 1. The van der Waals surface area contributed by atoms with Gasteiger partial charge in [-0.25, -0.2) is 4.79 Å². The highest BCUT2D eigenvalue weighted by Gasteiger charge is 2.27. The van der Waals surface area contributed by atoms with Gasteiger partial charge in [0, 0.05) is 4.47 Å². The third kappa shape index (κ3) is 3.33. The molecule has 98 valence electrons. The van der Waals surface area contributed by atoms with Crippen molar-refractivity contribution >= 4 is 21.9 Å². The molecular weight excluding hydrogens is 294 g/mol. The van der Waals surface area contributed by atoms with Crippen molar-refractivity contribution in [2.45, 2.75) is 25.8 Å². The van der Waals surface area contributed by atoms with E-state index >= 15 is 0 Å². The zero-order valence-electron chi connectivity index (χ0n) is 10.7. The minimum absolute atomic E-state index is 0.236. The Morgan fingerprint density at radius 2 is 2.28 bits per heavy atom. The van der Waals surface area contributed by atoms with Crippen molar-refractivity contribution in [1.29, 1.82) is 0 Å². The summed E-state index contributed by atoms with van der Waals surface area (Å²) in [6, 6.07) is 5.62. The predicted molar refractivity (Wildman–Crippen MR) is 74.4 cm³/mol. The summed E-state index contributed by atoms with van der Waals surface area (Å²) in [5.74, 6) is 0.488. The molecule has 0 bridgehead atoms. The Kier molecular flexibility index (Phi) is 4.40. The van der Waals surface area contributed by atoms with Crippen LogP contribution in [-0.4, -0.2) is 19.6 Å². The van der Waals surface area contributed by atoms with E-state index < -0.39 is 0 Å². The van der Waals surface area contributed by atoms with Crippen LogP contribution in [0.5, 0.6) is 0 Å². The average Bonchev–Trinajstić information content (AvgIpc) is 3.15. The summed E-state index contributed by atoms with van der Waals surface area (Å²) < 4.78 is 5.83. The highest BCUT2D eigenvalue weighted by molar-refractivity contribution is 9.10. The topological polar surface area (TPSA) is 38.3 Å². The van der Waals surface area contributed by atoms with Gasteiger partial charge in [-0.1, -0.05) is 28.1 Å². The molecule has 18 heavy (non-hydrogen) atoms. The van der Waals surface area contributed by atoms with Gasteiger partial charge in [0.05, 0.1) is 7.11 Å². The van der Waals surface area contributed by atoms with Gasteiger partial charge in [0.15, 0.2) is 0 Å². The van der Waals surface area contributed by atoms with Crippen molar-refractivity contribution in [2.75, 3.05) is 13.7 Å². The van der Waals surface area contributed by atoms with Gasteiger partial charge >= 0.3 is 5.97 Å². The van der Waals surface area contributed by atoms with Crippen LogP contribution in [0.4, 0.5) is 0 Å². The normalized spacial score (nSPS) is 16.4. The number of carbonyl (C=O) groups is 1. The van der Waals surface area contributed by atoms with Crippen molar-refractivity contribution in [3.8, 4) is 0 Å². The maximum absolute atomic E-state index is 11.9. The molecule has 0 amide bonds. The minimum atomic E-state index is -0.384. The molecule has 1 saturated carbocycles. The molecule has 1 aliphatic carbocycles. The second kappa shape index (κ2) is 5.85. The van der Waals surface area contributed by atoms with Crippen molar-refractivity contribution in [3.63, 3.8) is 0 Å². The fraction of sp³-hybridized carbons (Fsp3) is 0.500. The van der Waals surface area contributed by atoms with E-state index in [4.69, 9.17) is 4.74 Å². The lowest BCUT2D eigenvalue weighted by atomic mass is 10.0. The number of rotatable bonds is 5. The summed E-state index contributed by atoms with van der Waals surface area (Å²) >= 11 is 3.52. The zero-order valence-corrected chi connectivity index (χ0v) is 12.3. The fourth-order valence-electron chi connectivity index (χ4n) is 1.91. The van der Waals surface area contributed by atoms with Crippen LogP contribution in [0.25, 0.3) is 0 Å². The maximum Gasteiger partial charge on any atom is 0.327 e. The third-order valence-corrected chi connectivity index (χ3v) is 3.90. The number of ether oxygens (including phenoxy) is 1. The molecule has 1 N–H and O–H groups in total. The number of methoxy groups -OCH3 is 1. The van der Waals surface area contributed by atoms with Gasteiger partial charge in [0.1, 0.15) is 6.04 Å². The first kappa shape index (κ1) is 13.6. The van der Waals surface area contributed by atoms with Crippen LogP contribution < -0.4 is 5.32 Å². The van der Waals surface area contributed by atoms with Gasteiger partial charge < -0.3 is 10.1 Å². The standard InChI is InChI=1S/C14H18BrNO2/c1-9-3-6-11(12(15)7-9)13(14(17)18-2)16-8-10-4-5-10/h3,6-7,10,13,16H,4-5,8H2,1-2H3. The molecule has 0 saturated heterocycles. The average molecular weight is 312 g/mol. The summed E-state index contributed by atoms with van der Waals surface area (Å²) in [4.78, 5) is 11.9. The molecule has 0 radical (unpaired) electrons. The molecule has 1 fully saturated rings. The summed E-state index contributed by atoms with van der Waals surface area (Å²) in [6.07, 6.45) is 2.52. The SMILES string of the molecule is COC(=O)C(NCC1CC1)c1ccc(C)cc1Br. The molecule has 1 aliphatic rings. The summed E-state index contributed by atoms with van der Waals surface area (Å²) in [5, 5.41) is 3.30. The maximum atomic E-state index is 11.9. The number of hydrogen-bond acceptors (Lipinski definition) is 3. The lowest BCUT2D eigenvalue weighted by Gasteiger charge is -2.18. The number of aryl methyl sites for hydroxylation is 1. The van der Waals surface area contributed by atoms with E-state index in [1.165, 1.54) is 20.0 Å². The number of halogens is 1. The van der Waals surface area contributed by atoms with E-state index in [0.717, 1.165) is 28.1 Å². The van der Waals surface area contributed by atoms with Gasteiger partial charge in [0.25, 0.3) is 0 Å². The molecule has 1 aromatic carbocycles. The number of esters is 1. The zero-order chi connectivity index (χ0) is 13.1. The van der Waals surface area contributed by atoms with Crippen LogP contribution in [0, 0.1) is 12.8 Å². The van der Waals surface area contributed by atoms with Crippen LogP contribution in [0.3, 0.4) is 0 Å². The van der Waals surface area contributed by atoms with Crippen molar-refractivity contribution in [3.05, 3.63) is 33.8 Å². The van der Waals surface area contributed by atoms with Crippen molar-refractivity contribution in [2.24, 2.45) is 5.92 Å². The van der Waals surface area contributed by atoms with E-state index in [1.54, 1.807) is 0 Å². The number of nitrogens with one attached hydrogen (secondary N) is 1. The first-order valence-electron chi connectivity index (χ1n) is 6.19. The van der Waals surface area contributed by atoms with Crippen LogP contribution in [0.1, 0.15) is 30.0 Å². The fourth-order valence-corrected chi connectivity index (χ4v) is 2.63. The Morgan fingerprint density at radius 3 is 2.83 bits per heavy atom. The summed E-state index contributed by atoms with van der Waals surface area (Å²) in [6.45, 7) is 2.90. The third-order valence-electron chi connectivity index (χ3n) is 3.21. The minimum Gasteiger partial charge on any atom is -0.468 e. The highest BCUT2D eigenvalue weighted by atomic mass is 79.9. The van der Waals surface area contributed by atoms with Crippen molar-refractivity contribution in [1.82, 2.24) is 5.32 Å². The Labute approximate surface area is 116 Å². The first-order chi connectivity index (χ1) is 8.61. The largest absolute Gasteiger partial charge is 0.468 e. The Bertz CT molecular complexity index is 443. The van der Waals surface area contributed by atoms with Gasteiger partial charge in [-0.05, 0) is 49.4 Å². The molecule has 0 spiro atoms. The van der Waals surface area contributed by atoms with Gasteiger partial charge in [0.2, 0.25) is 0 Å². The molecular formula is C14H18BrNO2. The molecule has 0 heterocycles. The lowest BCUT2D eigenvalue weighted by molar-refractivity contribution is -0.143. The smallest absolute Gasteiger partial charge is 0.327 e. The number of carbonyl (C=O) groups excluding carboxylic acids is 1. The molecule has 1 unspecified atom stereocenters. The molecule has 3 nitrogen and oxygen atoms in total. The number of benzene rings is 1. The van der Waals surface area contributed by atoms with Crippen LogP contribution in [-0.2, 0) is 9.53 Å². The first-order valence-corrected chi connectivity index (χ1v) is 6.98. The van der Waals surface area contributed by atoms with Crippen LogP contribution in [0.15, 0.2) is 22.7 Å². The Morgan fingerprint density at radius 1 is 1.56 bits per heavy atom. The second-order valence-corrected chi connectivity index (χ2v) is 5.69. The molecule has 0 aliphatic heterocycles. The summed E-state index contributed by atoms with van der Waals surface area (Å²) in [5.41, 5.74) is 2.10. The molecule has 2 rings (SSSR count). The molecule has 1 aromatic rings.